The number of thioether (sulfide) groups is 1. The Labute approximate surface area is 135 Å². The number of fused-ring (bicyclic) bond motifs is 1. The van der Waals surface area contributed by atoms with Crippen molar-refractivity contribution in [3.63, 3.8) is 0 Å². The summed E-state index contributed by atoms with van der Waals surface area (Å²) in [6.07, 6.45) is 4.65. The minimum atomic E-state index is -0.0474. The molecule has 3 rings (SSSR count). The topological polar surface area (TPSA) is 49.4 Å². The van der Waals surface area contributed by atoms with Gasteiger partial charge in [0.25, 0.3) is 0 Å². The van der Waals surface area contributed by atoms with Gasteiger partial charge in [-0.2, -0.15) is 0 Å². The first-order valence-electron chi connectivity index (χ1n) is 7.96. The van der Waals surface area contributed by atoms with Crippen LogP contribution in [-0.4, -0.2) is 30.2 Å². The standard InChI is InChI=1S/C17H22N2O2S/c1-12-6-2-3-7-13(12)18-16(20)10-19-14-8-4-5-9-15(14)22-11-17(19)21/h4-5,8-9,12-13H,2-3,6-7,10-11H2,1H3,(H,18,20). The number of amides is 2. The Morgan fingerprint density at radius 2 is 2.09 bits per heavy atom. The third kappa shape index (κ3) is 3.29. The van der Waals surface area contributed by atoms with Crippen LogP contribution in [0.4, 0.5) is 5.69 Å². The normalized spacial score (nSPS) is 24.8. The van der Waals surface area contributed by atoms with Crippen molar-refractivity contribution < 1.29 is 9.59 Å². The molecule has 0 aromatic heterocycles. The summed E-state index contributed by atoms with van der Waals surface area (Å²) in [6.45, 7) is 2.32. The molecular weight excluding hydrogens is 296 g/mol. The summed E-state index contributed by atoms with van der Waals surface area (Å²) in [6, 6.07) is 8.04. The molecule has 1 aliphatic heterocycles. The van der Waals surface area contributed by atoms with Gasteiger partial charge in [0.15, 0.2) is 0 Å². The molecule has 1 N–H and O–H groups in total. The lowest BCUT2D eigenvalue weighted by molar-refractivity contribution is -0.123. The van der Waals surface area contributed by atoms with E-state index in [-0.39, 0.29) is 24.4 Å². The SMILES string of the molecule is CC1CCCCC1NC(=O)CN1C(=O)CSc2ccccc21. The van der Waals surface area contributed by atoms with Gasteiger partial charge in [-0.15, -0.1) is 11.8 Å². The largest absolute Gasteiger partial charge is 0.352 e. The fourth-order valence-corrected chi connectivity index (χ4v) is 4.19. The third-order valence-corrected chi connectivity index (χ3v) is 5.62. The summed E-state index contributed by atoms with van der Waals surface area (Å²) in [5.74, 6) is 0.895. The summed E-state index contributed by atoms with van der Waals surface area (Å²) < 4.78 is 0. The highest BCUT2D eigenvalue weighted by atomic mass is 32.2. The molecule has 118 valence electrons. The Hall–Kier alpha value is -1.49. The Balaban J connectivity index is 1.67. The summed E-state index contributed by atoms with van der Waals surface area (Å²) in [7, 11) is 0. The molecule has 2 unspecified atom stereocenters. The van der Waals surface area contributed by atoms with Gasteiger partial charge in [-0.25, -0.2) is 0 Å². The molecule has 1 saturated carbocycles. The average molecular weight is 318 g/mol. The molecule has 2 atom stereocenters. The smallest absolute Gasteiger partial charge is 0.240 e. The van der Waals surface area contributed by atoms with E-state index in [1.807, 2.05) is 24.3 Å². The second-order valence-corrected chi connectivity index (χ2v) is 7.19. The summed E-state index contributed by atoms with van der Waals surface area (Å²) in [5.41, 5.74) is 0.857. The zero-order valence-corrected chi connectivity index (χ0v) is 13.7. The lowest BCUT2D eigenvalue weighted by Crippen LogP contribution is -2.48. The van der Waals surface area contributed by atoms with Crippen LogP contribution in [0.15, 0.2) is 29.2 Å². The Morgan fingerprint density at radius 1 is 1.32 bits per heavy atom. The molecule has 0 radical (unpaired) electrons. The zero-order valence-electron chi connectivity index (χ0n) is 12.9. The highest BCUT2D eigenvalue weighted by Gasteiger charge is 2.28. The molecule has 0 saturated heterocycles. The van der Waals surface area contributed by atoms with Gasteiger partial charge in [-0.3, -0.25) is 9.59 Å². The molecular formula is C17H22N2O2S. The van der Waals surface area contributed by atoms with Crippen molar-refractivity contribution in [1.82, 2.24) is 5.32 Å². The van der Waals surface area contributed by atoms with Crippen LogP contribution in [0.2, 0.25) is 0 Å². The summed E-state index contributed by atoms with van der Waals surface area (Å²) in [5, 5.41) is 3.13. The monoisotopic (exact) mass is 318 g/mol. The number of carbonyl (C=O) groups is 2. The lowest BCUT2D eigenvalue weighted by atomic mass is 9.86. The predicted molar refractivity (Wildman–Crippen MR) is 89.1 cm³/mol. The van der Waals surface area contributed by atoms with E-state index in [4.69, 9.17) is 0 Å². The molecule has 1 aromatic rings. The molecule has 0 bridgehead atoms. The number of benzene rings is 1. The molecule has 1 heterocycles. The summed E-state index contributed by atoms with van der Waals surface area (Å²) in [4.78, 5) is 27.2. The van der Waals surface area contributed by atoms with Gasteiger partial charge in [-0.1, -0.05) is 31.9 Å². The van der Waals surface area contributed by atoms with Crippen molar-refractivity contribution in [2.75, 3.05) is 17.2 Å². The van der Waals surface area contributed by atoms with Crippen molar-refractivity contribution >= 4 is 29.3 Å². The van der Waals surface area contributed by atoms with Crippen molar-refractivity contribution in [2.45, 2.75) is 43.5 Å². The number of carbonyl (C=O) groups excluding carboxylic acids is 2. The molecule has 1 aliphatic carbocycles. The molecule has 0 spiro atoms. The molecule has 1 aromatic carbocycles. The fraction of sp³-hybridized carbons (Fsp3) is 0.529. The van der Waals surface area contributed by atoms with Crippen molar-refractivity contribution in [3.8, 4) is 0 Å². The maximum atomic E-state index is 12.4. The molecule has 5 heteroatoms. The van der Waals surface area contributed by atoms with Crippen LogP contribution in [0.1, 0.15) is 32.6 Å². The number of hydrogen-bond donors (Lipinski definition) is 1. The number of para-hydroxylation sites is 1. The Kier molecular flexibility index (Phi) is 4.71. The minimum Gasteiger partial charge on any atom is -0.352 e. The Morgan fingerprint density at radius 3 is 2.91 bits per heavy atom. The van der Waals surface area contributed by atoms with Crippen LogP contribution in [0.3, 0.4) is 0 Å². The van der Waals surface area contributed by atoms with Crippen LogP contribution < -0.4 is 10.2 Å². The van der Waals surface area contributed by atoms with Crippen molar-refractivity contribution in [2.24, 2.45) is 5.92 Å². The quantitative estimate of drug-likeness (QED) is 0.932. The van der Waals surface area contributed by atoms with Gasteiger partial charge in [0.2, 0.25) is 11.8 Å². The first-order chi connectivity index (χ1) is 10.6. The maximum absolute atomic E-state index is 12.4. The zero-order chi connectivity index (χ0) is 15.5. The van der Waals surface area contributed by atoms with E-state index in [9.17, 15) is 9.59 Å². The number of anilines is 1. The third-order valence-electron chi connectivity index (χ3n) is 4.57. The van der Waals surface area contributed by atoms with Crippen LogP contribution in [0.5, 0.6) is 0 Å². The Bertz CT molecular complexity index is 576. The van der Waals surface area contributed by atoms with E-state index in [0.717, 1.165) is 17.0 Å². The summed E-state index contributed by atoms with van der Waals surface area (Å²) >= 11 is 1.54. The second-order valence-electron chi connectivity index (χ2n) is 6.17. The van der Waals surface area contributed by atoms with Gasteiger partial charge in [0.05, 0.1) is 11.4 Å². The van der Waals surface area contributed by atoms with Crippen LogP contribution in [0, 0.1) is 5.92 Å². The second kappa shape index (κ2) is 6.73. The number of rotatable bonds is 3. The maximum Gasteiger partial charge on any atom is 0.240 e. The van der Waals surface area contributed by atoms with Gasteiger partial charge >= 0.3 is 0 Å². The highest BCUT2D eigenvalue weighted by Crippen LogP contribution is 2.34. The van der Waals surface area contributed by atoms with Crippen LogP contribution in [0.25, 0.3) is 0 Å². The lowest BCUT2D eigenvalue weighted by Gasteiger charge is -2.32. The van der Waals surface area contributed by atoms with E-state index in [1.54, 1.807) is 16.7 Å². The molecule has 1 fully saturated rings. The van der Waals surface area contributed by atoms with Gasteiger partial charge in [0, 0.05) is 10.9 Å². The van der Waals surface area contributed by atoms with Gasteiger partial charge in [-0.05, 0) is 30.9 Å². The number of hydrogen-bond acceptors (Lipinski definition) is 3. The van der Waals surface area contributed by atoms with Crippen LogP contribution >= 0.6 is 11.8 Å². The first kappa shape index (κ1) is 15.4. The van der Waals surface area contributed by atoms with Crippen LogP contribution in [-0.2, 0) is 9.59 Å². The minimum absolute atomic E-state index is 0.00976. The molecule has 4 nitrogen and oxygen atoms in total. The molecule has 2 amide bonds. The average Bonchev–Trinajstić information content (AvgIpc) is 2.52. The van der Waals surface area contributed by atoms with Crippen molar-refractivity contribution in [1.29, 1.82) is 0 Å². The van der Waals surface area contributed by atoms with E-state index >= 15 is 0 Å². The molecule has 22 heavy (non-hydrogen) atoms. The number of nitrogens with zero attached hydrogens (tertiary/aromatic N) is 1. The number of nitrogens with one attached hydrogen (secondary N) is 1. The van der Waals surface area contributed by atoms with E-state index < -0.39 is 0 Å². The van der Waals surface area contributed by atoms with E-state index in [0.29, 0.717) is 11.7 Å². The molecule has 2 aliphatic rings. The van der Waals surface area contributed by atoms with Gasteiger partial charge in [0.1, 0.15) is 6.54 Å². The predicted octanol–water partition coefficient (Wildman–Crippen LogP) is 2.82. The first-order valence-corrected chi connectivity index (χ1v) is 8.95. The fourth-order valence-electron chi connectivity index (χ4n) is 3.25. The highest BCUT2D eigenvalue weighted by molar-refractivity contribution is 8.00. The van der Waals surface area contributed by atoms with Crippen molar-refractivity contribution in [3.05, 3.63) is 24.3 Å². The van der Waals surface area contributed by atoms with Gasteiger partial charge < -0.3 is 10.2 Å². The van der Waals surface area contributed by atoms with E-state index in [1.165, 1.54) is 19.3 Å². The van der Waals surface area contributed by atoms with E-state index in [2.05, 4.69) is 12.2 Å².